The molecule has 0 unspecified atom stereocenters. The van der Waals surface area contributed by atoms with Crippen LogP contribution in [0.3, 0.4) is 0 Å². The molecule has 29 heavy (non-hydrogen) atoms. The zero-order valence-electron chi connectivity index (χ0n) is 17.2. The summed E-state index contributed by atoms with van der Waals surface area (Å²) < 4.78 is 5.82. The number of ether oxygens (including phenoxy) is 1. The van der Waals surface area contributed by atoms with Gasteiger partial charge in [0.15, 0.2) is 0 Å². The molecule has 0 saturated heterocycles. The van der Waals surface area contributed by atoms with Crippen LogP contribution in [0.15, 0.2) is 78.1 Å². The zero-order chi connectivity index (χ0) is 20.9. The van der Waals surface area contributed by atoms with Gasteiger partial charge in [-0.25, -0.2) is 4.98 Å². The zero-order valence-corrected chi connectivity index (χ0v) is 17.2. The molecule has 3 rings (SSSR count). The molecule has 0 amide bonds. The second-order valence-electron chi connectivity index (χ2n) is 8.18. The van der Waals surface area contributed by atoms with Gasteiger partial charge in [0.1, 0.15) is 0 Å². The fourth-order valence-electron chi connectivity index (χ4n) is 3.25. The number of pyridine rings is 1. The summed E-state index contributed by atoms with van der Waals surface area (Å²) in [5.74, 6) is -0.226. The van der Waals surface area contributed by atoms with E-state index in [1.54, 1.807) is 6.26 Å². The summed E-state index contributed by atoms with van der Waals surface area (Å²) in [5.41, 5.74) is 5.34. The van der Waals surface area contributed by atoms with E-state index in [1.807, 2.05) is 42.5 Å². The maximum atomic E-state index is 10.7. The van der Waals surface area contributed by atoms with Crippen molar-refractivity contribution in [2.45, 2.75) is 45.4 Å². The molecule has 0 bridgehead atoms. The molecule has 4 heteroatoms. The largest absolute Gasteiger partial charge is 0.481 e. The lowest BCUT2D eigenvalue weighted by molar-refractivity contribution is -0.136. The standard InChI is InChI=1S/C25H27NO3/c1-25(2,3)21-8-5-4-7-20(21)22-9-6-10-23(26-22)29-17-19-13-11-18(12-14-19)15-16-24(27)28/h4-13,17H,14-16H2,1-3H3,(H,27,28). The normalized spacial score (nSPS) is 15.3. The second-order valence-corrected chi connectivity index (χ2v) is 8.18. The second kappa shape index (κ2) is 8.91. The van der Waals surface area contributed by atoms with Crippen molar-refractivity contribution < 1.29 is 14.6 Å². The van der Waals surface area contributed by atoms with Crippen LogP contribution in [-0.2, 0) is 10.2 Å². The minimum absolute atomic E-state index is 0.0225. The molecule has 0 saturated carbocycles. The molecule has 150 valence electrons. The van der Waals surface area contributed by atoms with Gasteiger partial charge in [-0.1, -0.05) is 74.9 Å². The molecule has 1 aliphatic carbocycles. The Labute approximate surface area is 172 Å². The summed E-state index contributed by atoms with van der Waals surface area (Å²) in [7, 11) is 0. The summed E-state index contributed by atoms with van der Waals surface area (Å²) in [6.45, 7) is 6.60. The van der Waals surface area contributed by atoms with E-state index in [-0.39, 0.29) is 11.8 Å². The number of carboxylic acids is 1. The smallest absolute Gasteiger partial charge is 0.303 e. The van der Waals surface area contributed by atoms with E-state index in [4.69, 9.17) is 14.8 Å². The van der Waals surface area contributed by atoms with Gasteiger partial charge in [0.05, 0.1) is 12.0 Å². The van der Waals surface area contributed by atoms with E-state index in [0.29, 0.717) is 12.3 Å². The molecule has 0 spiro atoms. The summed E-state index contributed by atoms with van der Waals surface area (Å²) >= 11 is 0. The van der Waals surface area contributed by atoms with Crippen LogP contribution < -0.4 is 4.74 Å². The van der Waals surface area contributed by atoms with Gasteiger partial charge in [0, 0.05) is 18.1 Å². The van der Waals surface area contributed by atoms with Crippen molar-refractivity contribution in [2.24, 2.45) is 0 Å². The van der Waals surface area contributed by atoms with Crippen LogP contribution in [0.1, 0.15) is 45.6 Å². The molecule has 1 aliphatic rings. The van der Waals surface area contributed by atoms with Gasteiger partial charge < -0.3 is 9.84 Å². The van der Waals surface area contributed by atoms with E-state index in [0.717, 1.165) is 28.8 Å². The van der Waals surface area contributed by atoms with Crippen LogP contribution in [0.2, 0.25) is 0 Å². The van der Waals surface area contributed by atoms with Crippen LogP contribution in [-0.4, -0.2) is 16.1 Å². The van der Waals surface area contributed by atoms with Crippen molar-refractivity contribution in [1.29, 1.82) is 0 Å². The highest BCUT2D eigenvalue weighted by molar-refractivity contribution is 5.67. The van der Waals surface area contributed by atoms with Gasteiger partial charge in [0.2, 0.25) is 5.88 Å². The maximum Gasteiger partial charge on any atom is 0.303 e. The van der Waals surface area contributed by atoms with E-state index in [2.05, 4.69) is 39.0 Å². The molecular weight excluding hydrogens is 362 g/mol. The maximum absolute atomic E-state index is 10.7. The van der Waals surface area contributed by atoms with Crippen LogP contribution >= 0.6 is 0 Å². The first-order valence-corrected chi connectivity index (χ1v) is 9.84. The predicted octanol–water partition coefficient (Wildman–Crippen LogP) is 6.06. The molecule has 0 atom stereocenters. The Hall–Kier alpha value is -3.14. The molecule has 0 radical (unpaired) electrons. The van der Waals surface area contributed by atoms with Crippen molar-refractivity contribution in [2.75, 3.05) is 0 Å². The first-order chi connectivity index (χ1) is 13.8. The van der Waals surface area contributed by atoms with Gasteiger partial charge in [-0.15, -0.1) is 0 Å². The summed E-state index contributed by atoms with van der Waals surface area (Å²) in [6, 6.07) is 14.1. The first-order valence-electron chi connectivity index (χ1n) is 9.84. The Morgan fingerprint density at radius 1 is 1.14 bits per heavy atom. The third kappa shape index (κ3) is 5.67. The summed E-state index contributed by atoms with van der Waals surface area (Å²) in [5, 5.41) is 8.78. The average molecular weight is 389 g/mol. The van der Waals surface area contributed by atoms with Gasteiger partial charge in [-0.2, -0.15) is 0 Å². The van der Waals surface area contributed by atoms with Crippen molar-refractivity contribution >= 4 is 5.97 Å². The molecule has 2 aromatic rings. The molecule has 4 nitrogen and oxygen atoms in total. The third-order valence-electron chi connectivity index (χ3n) is 4.80. The van der Waals surface area contributed by atoms with Gasteiger partial charge in [-0.05, 0) is 35.5 Å². The SMILES string of the molecule is CC(C)(C)c1ccccc1-c1cccc(OC=C2C=CC(CCC(=O)O)=CC2)n1. The van der Waals surface area contributed by atoms with E-state index in [9.17, 15) is 4.79 Å². The van der Waals surface area contributed by atoms with Crippen molar-refractivity contribution in [3.05, 3.63) is 83.7 Å². The lowest BCUT2D eigenvalue weighted by Gasteiger charge is -2.22. The number of nitrogens with zero attached hydrogens (tertiary/aromatic N) is 1. The number of carboxylic acid groups (broad SMARTS) is 1. The molecular formula is C25H27NO3. The van der Waals surface area contributed by atoms with Crippen molar-refractivity contribution in [3.63, 3.8) is 0 Å². The fraction of sp³-hybridized carbons (Fsp3) is 0.280. The van der Waals surface area contributed by atoms with Gasteiger partial charge in [-0.3, -0.25) is 4.79 Å². The van der Waals surface area contributed by atoms with Crippen molar-refractivity contribution in [1.82, 2.24) is 4.98 Å². The highest BCUT2D eigenvalue weighted by Gasteiger charge is 2.19. The monoisotopic (exact) mass is 389 g/mol. The molecule has 0 aliphatic heterocycles. The molecule has 1 N–H and O–H groups in total. The molecule has 0 fully saturated rings. The lowest BCUT2D eigenvalue weighted by Crippen LogP contribution is -2.12. The van der Waals surface area contributed by atoms with E-state index in [1.165, 1.54) is 5.56 Å². The van der Waals surface area contributed by atoms with Crippen molar-refractivity contribution in [3.8, 4) is 17.1 Å². The molecule has 1 aromatic carbocycles. The number of aromatic nitrogens is 1. The Balaban J connectivity index is 1.72. The topological polar surface area (TPSA) is 59.4 Å². The number of rotatable bonds is 6. The average Bonchev–Trinajstić information content (AvgIpc) is 2.71. The predicted molar refractivity (Wildman–Crippen MR) is 116 cm³/mol. The van der Waals surface area contributed by atoms with Crippen LogP contribution in [0.5, 0.6) is 5.88 Å². The Kier molecular flexibility index (Phi) is 6.32. The van der Waals surface area contributed by atoms with Crippen LogP contribution in [0, 0.1) is 0 Å². The number of hydrogen-bond acceptors (Lipinski definition) is 3. The minimum Gasteiger partial charge on any atom is -0.481 e. The Morgan fingerprint density at radius 3 is 2.62 bits per heavy atom. The third-order valence-corrected chi connectivity index (χ3v) is 4.80. The van der Waals surface area contributed by atoms with Gasteiger partial charge >= 0.3 is 5.97 Å². The number of aliphatic carboxylic acids is 1. The molecule has 1 aromatic heterocycles. The molecule has 1 heterocycles. The lowest BCUT2D eigenvalue weighted by atomic mass is 9.83. The minimum atomic E-state index is -0.775. The van der Waals surface area contributed by atoms with Crippen LogP contribution in [0.4, 0.5) is 0 Å². The fourth-order valence-corrected chi connectivity index (χ4v) is 3.25. The van der Waals surface area contributed by atoms with E-state index >= 15 is 0 Å². The quantitative estimate of drug-likeness (QED) is 0.610. The number of allylic oxidation sites excluding steroid dienone is 5. The summed E-state index contributed by atoms with van der Waals surface area (Å²) in [4.78, 5) is 15.4. The number of benzene rings is 1. The number of hydrogen-bond donors (Lipinski definition) is 1. The number of carbonyl (C=O) groups is 1. The Morgan fingerprint density at radius 2 is 1.93 bits per heavy atom. The van der Waals surface area contributed by atoms with Gasteiger partial charge in [0.25, 0.3) is 0 Å². The van der Waals surface area contributed by atoms with E-state index < -0.39 is 5.97 Å². The van der Waals surface area contributed by atoms with Crippen LogP contribution in [0.25, 0.3) is 11.3 Å². The highest BCUT2D eigenvalue weighted by Crippen LogP contribution is 2.32. The first kappa shape index (κ1) is 20.6. The highest BCUT2D eigenvalue weighted by atomic mass is 16.5. The summed E-state index contributed by atoms with van der Waals surface area (Å²) in [6.07, 6.45) is 9.10. The Bertz CT molecular complexity index is 978.